The molecule has 28 heavy (non-hydrogen) atoms. The first kappa shape index (κ1) is 20.2. The van der Waals surface area contributed by atoms with Gasteiger partial charge in [-0.2, -0.15) is 0 Å². The SMILES string of the molecule is CCOc1cc(CNc2ccccc2C)cc(Br)c1OCc1ccc(F)cc1. The van der Waals surface area contributed by atoms with Crippen molar-refractivity contribution in [1.29, 1.82) is 0 Å². The highest BCUT2D eigenvalue weighted by atomic mass is 79.9. The minimum Gasteiger partial charge on any atom is -0.490 e. The summed E-state index contributed by atoms with van der Waals surface area (Å²) in [7, 11) is 0. The zero-order chi connectivity index (χ0) is 19.9. The van der Waals surface area contributed by atoms with Gasteiger partial charge in [0.1, 0.15) is 12.4 Å². The van der Waals surface area contributed by atoms with Gasteiger partial charge in [0.15, 0.2) is 11.5 Å². The third kappa shape index (κ3) is 5.26. The molecule has 3 aromatic carbocycles. The van der Waals surface area contributed by atoms with Gasteiger partial charge in [0.2, 0.25) is 0 Å². The maximum Gasteiger partial charge on any atom is 0.175 e. The number of ether oxygens (including phenoxy) is 2. The van der Waals surface area contributed by atoms with Crippen molar-refractivity contribution in [3.8, 4) is 11.5 Å². The average Bonchev–Trinajstić information content (AvgIpc) is 2.68. The first-order valence-electron chi connectivity index (χ1n) is 9.18. The minimum absolute atomic E-state index is 0.259. The molecule has 3 aromatic rings. The molecule has 0 radical (unpaired) electrons. The summed E-state index contributed by atoms with van der Waals surface area (Å²) in [6.45, 7) is 5.56. The van der Waals surface area contributed by atoms with Crippen molar-refractivity contribution >= 4 is 21.6 Å². The number of hydrogen-bond donors (Lipinski definition) is 1. The molecular formula is C23H23BrFNO2. The quantitative estimate of drug-likeness (QED) is 0.431. The topological polar surface area (TPSA) is 30.5 Å². The smallest absolute Gasteiger partial charge is 0.175 e. The predicted molar refractivity (Wildman–Crippen MR) is 115 cm³/mol. The zero-order valence-corrected chi connectivity index (χ0v) is 17.6. The Hall–Kier alpha value is -2.53. The van der Waals surface area contributed by atoms with Gasteiger partial charge in [0.05, 0.1) is 11.1 Å². The lowest BCUT2D eigenvalue weighted by Gasteiger charge is -2.16. The average molecular weight is 444 g/mol. The minimum atomic E-state index is -0.259. The Morgan fingerprint density at radius 2 is 1.71 bits per heavy atom. The Bertz CT molecular complexity index is 928. The molecule has 146 valence electrons. The molecule has 0 aromatic heterocycles. The zero-order valence-electron chi connectivity index (χ0n) is 16.0. The maximum absolute atomic E-state index is 13.1. The third-order valence-electron chi connectivity index (χ3n) is 4.29. The molecule has 5 heteroatoms. The fourth-order valence-electron chi connectivity index (χ4n) is 2.83. The van der Waals surface area contributed by atoms with E-state index in [1.54, 1.807) is 12.1 Å². The summed E-state index contributed by atoms with van der Waals surface area (Å²) < 4.78 is 25.7. The molecule has 0 spiro atoms. The van der Waals surface area contributed by atoms with Crippen LogP contribution in [0.2, 0.25) is 0 Å². The number of nitrogens with one attached hydrogen (secondary N) is 1. The molecule has 0 atom stereocenters. The van der Waals surface area contributed by atoms with Crippen LogP contribution in [0.1, 0.15) is 23.6 Å². The second-order valence-corrected chi connectivity index (χ2v) is 7.28. The van der Waals surface area contributed by atoms with Crippen molar-refractivity contribution in [1.82, 2.24) is 0 Å². The normalized spacial score (nSPS) is 10.6. The van der Waals surface area contributed by atoms with Crippen LogP contribution in [0.25, 0.3) is 0 Å². The maximum atomic E-state index is 13.1. The third-order valence-corrected chi connectivity index (χ3v) is 4.88. The van der Waals surface area contributed by atoms with Crippen LogP contribution in [0, 0.1) is 12.7 Å². The van der Waals surface area contributed by atoms with Crippen molar-refractivity contribution in [2.45, 2.75) is 27.0 Å². The fraction of sp³-hybridized carbons (Fsp3) is 0.217. The standard InChI is InChI=1S/C23H23BrFNO2/c1-3-27-22-13-18(14-26-21-7-5-4-6-16(21)2)12-20(24)23(22)28-15-17-8-10-19(25)11-9-17/h4-13,26H,3,14-15H2,1-2H3. The summed E-state index contributed by atoms with van der Waals surface area (Å²) in [5.41, 5.74) is 4.27. The summed E-state index contributed by atoms with van der Waals surface area (Å²) in [5, 5.41) is 3.46. The molecule has 0 fully saturated rings. The fourth-order valence-corrected chi connectivity index (χ4v) is 3.44. The van der Waals surface area contributed by atoms with E-state index < -0.39 is 0 Å². The summed E-state index contributed by atoms with van der Waals surface area (Å²) in [4.78, 5) is 0. The van der Waals surface area contributed by atoms with Gasteiger partial charge in [0, 0.05) is 12.2 Å². The molecule has 0 amide bonds. The monoisotopic (exact) mass is 443 g/mol. The van der Waals surface area contributed by atoms with Gasteiger partial charge in [0.25, 0.3) is 0 Å². The van der Waals surface area contributed by atoms with Crippen molar-refractivity contribution in [2.75, 3.05) is 11.9 Å². The Labute approximate surface area is 173 Å². The van der Waals surface area contributed by atoms with E-state index in [2.05, 4.69) is 40.3 Å². The van der Waals surface area contributed by atoms with Crippen LogP contribution in [0.4, 0.5) is 10.1 Å². The van der Waals surface area contributed by atoms with Crippen molar-refractivity contribution in [2.24, 2.45) is 0 Å². The summed E-state index contributed by atoms with van der Waals surface area (Å²) in [6.07, 6.45) is 0. The van der Waals surface area contributed by atoms with Crippen molar-refractivity contribution in [3.63, 3.8) is 0 Å². The van der Waals surface area contributed by atoms with E-state index in [1.165, 1.54) is 17.7 Å². The number of rotatable bonds is 8. The van der Waals surface area contributed by atoms with Crippen LogP contribution in [-0.2, 0) is 13.2 Å². The van der Waals surface area contributed by atoms with Gasteiger partial charge in [-0.1, -0.05) is 30.3 Å². The first-order valence-corrected chi connectivity index (χ1v) is 9.98. The van der Waals surface area contributed by atoms with Gasteiger partial charge >= 0.3 is 0 Å². The molecule has 0 unspecified atom stereocenters. The molecule has 1 N–H and O–H groups in total. The van der Waals surface area contributed by atoms with Crippen LogP contribution in [-0.4, -0.2) is 6.61 Å². The lowest BCUT2D eigenvalue weighted by Crippen LogP contribution is -2.04. The van der Waals surface area contributed by atoms with Crippen molar-refractivity contribution in [3.05, 3.63) is 87.6 Å². The second-order valence-electron chi connectivity index (χ2n) is 6.42. The largest absolute Gasteiger partial charge is 0.490 e. The van der Waals surface area contributed by atoms with E-state index in [0.717, 1.165) is 21.3 Å². The highest BCUT2D eigenvalue weighted by molar-refractivity contribution is 9.10. The van der Waals surface area contributed by atoms with E-state index in [4.69, 9.17) is 9.47 Å². The van der Waals surface area contributed by atoms with Crippen LogP contribution in [0.15, 0.2) is 65.1 Å². The van der Waals surface area contributed by atoms with Crippen LogP contribution in [0.3, 0.4) is 0 Å². The Kier molecular flexibility index (Phi) is 6.93. The van der Waals surface area contributed by atoms with Crippen molar-refractivity contribution < 1.29 is 13.9 Å². The molecule has 3 rings (SSSR count). The predicted octanol–water partition coefficient (Wildman–Crippen LogP) is 6.49. The molecule has 0 aliphatic rings. The number of hydrogen-bond acceptors (Lipinski definition) is 3. The molecule has 3 nitrogen and oxygen atoms in total. The summed E-state index contributed by atoms with van der Waals surface area (Å²) in [6, 6.07) is 18.5. The van der Waals surface area contributed by atoms with E-state index >= 15 is 0 Å². The highest BCUT2D eigenvalue weighted by Gasteiger charge is 2.13. The number of benzene rings is 3. The van der Waals surface area contributed by atoms with E-state index in [1.807, 2.05) is 31.2 Å². The lowest BCUT2D eigenvalue weighted by atomic mass is 10.1. The lowest BCUT2D eigenvalue weighted by molar-refractivity contribution is 0.267. The van der Waals surface area contributed by atoms with Crippen LogP contribution in [0.5, 0.6) is 11.5 Å². The first-order chi connectivity index (χ1) is 13.6. The van der Waals surface area contributed by atoms with E-state index in [9.17, 15) is 4.39 Å². The van der Waals surface area contributed by atoms with Crippen LogP contribution >= 0.6 is 15.9 Å². The molecule has 0 saturated heterocycles. The Morgan fingerprint density at radius 1 is 0.964 bits per heavy atom. The Balaban J connectivity index is 1.75. The molecular weight excluding hydrogens is 421 g/mol. The summed E-state index contributed by atoms with van der Waals surface area (Å²) >= 11 is 3.60. The van der Waals surface area contributed by atoms with Crippen LogP contribution < -0.4 is 14.8 Å². The summed E-state index contributed by atoms with van der Waals surface area (Å²) in [5.74, 6) is 1.07. The van der Waals surface area contributed by atoms with Gasteiger partial charge in [-0.15, -0.1) is 0 Å². The number of para-hydroxylation sites is 1. The highest BCUT2D eigenvalue weighted by Crippen LogP contribution is 2.37. The second kappa shape index (κ2) is 9.60. The van der Waals surface area contributed by atoms with E-state index in [0.29, 0.717) is 31.3 Å². The molecule has 0 aliphatic carbocycles. The van der Waals surface area contributed by atoms with Gasteiger partial charge in [-0.3, -0.25) is 0 Å². The number of halogens is 2. The van der Waals surface area contributed by atoms with Gasteiger partial charge in [-0.05, 0) is 76.8 Å². The molecule has 0 saturated carbocycles. The molecule has 0 heterocycles. The van der Waals surface area contributed by atoms with Gasteiger partial charge < -0.3 is 14.8 Å². The number of anilines is 1. The molecule has 0 aliphatic heterocycles. The Morgan fingerprint density at radius 3 is 2.43 bits per heavy atom. The molecule has 0 bridgehead atoms. The van der Waals surface area contributed by atoms with Gasteiger partial charge in [-0.25, -0.2) is 4.39 Å². The number of aryl methyl sites for hydroxylation is 1. The van der Waals surface area contributed by atoms with E-state index in [-0.39, 0.29) is 5.82 Å².